The Balaban J connectivity index is 1.36. The smallest absolute Gasteiger partial charge is 0.337 e. The second-order valence-corrected chi connectivity index (χ2v) is 8.08. The molecule has 0 saturated carbocycles. The first-order valence-corrected chi connectivity index (χ1v) is 9.86. The summed E-state index contributed by atoms with van der Waals surface area (Å²) in [6.45, 7) is 0. The van der Waals surface area contributed by atoms with Gasteiger partial charge in [0.1, 0.15) is 0 Å². The minimum atomic E-state index is -4.34. The highest BCUT2D eigenvalue weighted by Crippen LogP contribution is 2.41. The molecule has 2 saturated heterocycles. The van der Waals surface area contributed by atoms with Crippen LogP contribution in [0.2, 0.25) is 5.02 Å². The number of rotatable bonds is 4. The number of piperidine rings is 1. The standard InChI is InChI=1S/C20H21ClF3N3O/c21-15-11-25-26(12-15)18-9-16-6-7-17(10-18)27(16)19(28)8-3-13-1-4-14(5-2-13)20(22,23)24/h1-2,4-5,11-12,16-18H,3,6-10H2. The van der Waals surface area contributed by atoms with Gasteiger partial charge in [-0.2, -0.15) is 18.3 Å². The van der Waals surface area contributed by atoms with Crippen molar-refractivity contribution in [2.24, 2.45) is 0 Å². The third kappa shape index (κ3) is 3.90. The fraction of sp³-hybridized carbons (Fsp3) is 0.500. The van der Waals surface area contributed by atoms with Gasteiger partial charge in [-0.05, 0) is 49.8 Å². The number of aromatic nitrogens is 2. The molecule has 8 heteroatoms. The van der Waals surface area contributed by atoms with Crippen molar-refractivity contribution in [1.29, 1.82) is 0 Å². The van der Waals surface area contributed by atoms with Gasteiger partial charge in [-0.3, -0.25) is 9.48 Å². The molecule has 28 heavy (non-hydrogen) atoms. The van der Waals surface area contributed by atoms with Gasteiger partial charge >= 0.3 is 6.18 Å². The van der Waals surface area contributed by atoms with E-state index in [-0.39, 0.29) is 24.0 Å². The highest BCUT2D eigenvalue weighted by Gasteiger charge is 2.43. The molecule has 150 valence electrons. The van der Waals surface area contributed by atoms with Crippen molar-refractivity contribution in [2.75, 3.05) is 0 Å². The number of carbonyl (C=O) groups excluding carboxylic acids is 1. The Labute approximate surface area is 166 Å². The summed E-state index contributed by atoms with van der Waals surface area (Å²) in [5.74, 6) is 0.0874. The zero-order valence-electron chi connectivity index (χ0n) is 15.2. The van der Waals surface area contributed by atoms with Gasteiger partial charge in [-0.1, -0.05) is 23.7 Å². The molecule has 4 nitrogen and oxygen atoms in total. The monoisotopic (exact) mass is 411 g/mol. The van der Waals surface area contributed by atoms with E-state index in [1.807, 2.05) is 15.8 Å². The summed E-state index contributed by atoms with van der Waals surface area (Å²) in [6, 6.07) is 5.72. The Morgan fingerprint density at radius 3 is 2.29 bits per heavy atom. The molecule has 2 atom stereocenters. The number of hydrogen-bond acceptors (Lipinski definition) is 2. The van der Waals surface area contributed by atoms with Crippen LogP contribution in [0.5, 0.6) is 0 Å². The van der Waals surface area contributed by atoms with E-state index in [0.717, 1.165) is 43.4 Å². The first kappa shape index (κ1) is 19.3. The third-order valence-corrected chi connectivity index (χ3v) is 6.04. The quantitative estimate of drug-likeness (QED) is 0.719. The molecule has 3 heterocycles. The molecule has 2 fully saturated rings. The molecule has 0 N–H and O–H groups in total. The SMILES string of the molecule is O=C(CCc1ccc(C(F)(F)F)cc1)N1C2CCC1CC(n1cc(Cl)cn1)C2. The van der Waals surface area contributed by atoms with E-state index in [9.17, 15) is 18.0 Å². The number of amides is 1. The number of aryl methyl sites for hydroxylation is 1. The number of hydrogen-bond donors (Lipinski definition) is 0. The molecule has 0 spiro atoms. The fourth-order valence-corrected chi connectivity index (χ4v) is 4.67. The van der Waals surface area contributed by atoms with Crippen molar-refractivity contribution in [1.82, 2.24) is 14.7 Å². The lowest BCUT2D eigenvalue weighted by atomic mass is 9.96. The minimum Gasteiger partial charge on any atom is -0.337 e. The molecule has 2 aliphatic rings. The van der Waals surface area contributed by atoms with Crippen LogP contribution in [0.3, 0.4) is 0 Å². The molecule has 0 radical (unpaired) electrons. The van der Waals surface area contributed by atoms with Gasteiger partial charge in [0.15, 0.2) is 0 Å². The van der Waals surface area contributed by atoms with Crippen LogP contribution in [0.15, 0.2) is 36.7 Å². The van der Waals surface area contributed by atoms with Crippen LogP contribution in [0.1, 0.15) is 49.3 Å². The Bertz CT molecular complexity index is 835. The lowest BCUT2D eigenvalue weighted by Crippen LogP contribution is -2.47. The summed E-state index contributed by atoms with van der Waals surface area (Å²) < 4.78 is 39.9. The molecule has 2 aromatic rings. The summed E-state index contributed by atoms with van der Waals surface area (Å²) in [5.41, 5.74) is 0.0798. The first-order chi connectivity index (χ1) is 13.3. The molecule has 1 amide bonds. The van der Waals surface area contributed by atoms with Crippen LogP contribution in [0.25, 0.3) is 0 Å². The molecule has 2 aliphatic heterocycles. The van der Waals surface area contributed by atoms with Crippen LogP contribution in [0, 0.1) is 0 Å². The van der Waals surface area contributed by atoms with E-state index in [1.165, 1.54) is 12.1 Å². The normalized spacial score (nSPS) is 24.6. The van der Waals surface area contributed by atoms with E-state index in [1.54, 1.807) is 6.20 Å². The molecular formula is C20H21ClF3N3O. The Morgan fingerprint density at radius 1 is 1.11 bits per heavy atom. The number of fused-ring (bicyclic) bond motifs is 2. The average Bonchev–Trinajstić information content (AvgIpc) is 3.20. The van der Waals surface area contributed by atoms with E-state index in [4.69, 9.17) is 11.6 Å². The predicted molar refractivity (Wildman–Crippen MR) is 98.9 cm³/mol. The summed E-state index contributed by atoms with van der Waals surface area (Å²) in [6.07, 6.45) is 3.59. The number of nitrogens with zero attached hydrogens (tertiary/aromatic N) is 3. The van der Waals surface area contributed by atoms with Crippen molar-refractivity contribution in [3.8, 4) is 0 Å². The van der Waals surface area contributed by atoms with Crippen LogP contribution in [-0.2, 0) is 17.4 Å². The second kappa shape index (κ2) is 7.43. The van der Waals surface area contributed by atoms with Gasteiger partial charge in [-0.15, -0.1) is 0 Å². The molecule has 4 rings (SSSR count). The van der Waals surface area contributed by atoms with Gasteiger partial charge < -0.3 is 4.90 Å². The van der Waals surface area contributed by atoms with Gasteiger partial charge in [0.05, 0.1) is 22.8 Å². The number of alkyl halides is 3. The van der Waals surface area contributed by atoms with E-state index in [0.29, 0.717) is 17.9 Å². The Kier molecular flexibility index (Phi) is 5.12. The third-order valence-electron chi connectivity index (χ3n) is 5.85. The summed E-state index contributed by atoms with van der Waals surface area (Å²) in [4.78, 5) is 14.8. The molecule has 1 aromatic carbocycles. The van der Waals surface area contributed by atoms with Gasteiger partial charge in [0.2, 0.25) is 5.91 Å². The molecule has 0 aliphatic carbocycles. The average molecular weight is 412 g/mol. The van der Waals surface area contributed by atoms with E-state index in [2.05, 4.69) is 5.10 Å². The molecule has 1 aromatic heterocycles. The Morgan fingerprint density at radius 2 is 1.75 bits per heavy atom. The number of carbonyl (C=O) groups is 1. The minimum absolute atomic E-state index is 0.0874. The van der Waals surface area contributed by atoms with Crippen molar-refractivity contribution in [3.05, 3.63) is 52.8 Å². The largest absolute Gasteiger partial charge is 0.416 e. The zero-order valence-corrected chi connectivity index (χ0v) is 16.0. The number of halogens is 4. The topological polar surface area (TPSA) is 38.1 Å². The summed E-state index contributed by atoms with van der Waals surface area (Å²) >= 11 is 5.97. The predicted octanol–water partition coefficient (Wildman–Crippen LogP) is 4.88. The van der Waals surface area contributed by atoms with Crippen LogP contribution in [-0.4, -0.2) is 32.7 Å². The maximum absolute atomic E-state index is 12.8. The van der Waals surface area contributed by atoms with Crippen molar-refractivity contribution >= 4 is 17.5 Å². The van der Waals surface area contributed by atoms with Crippen LogP contribution in [0.4, 0.5) is 13.2 Å². The lowest BCUT2D eigenvalue weighted by Gasteiger charge is -2.39. The maximum atomic E-state index is 12.8. The fourth-order valence-electron chi connectivity index (χ4n) is 4.53. The van der Waals surface area contributed by atoms with Crippen molar-refractivity contribution in [3.63, 3.8) is 0 Å². The maximum Gasteiger partial charge on any atom is 0.416 e. The van der Waals surface area contributed by atoms with Gasteiger partial charge in [0.25, 0.3) is 0 Å². The number of benzene rings is 1. The van der Waals surface area contributed by atoms with Crippen molar-refractivity contribution in [2.45, 2.75) is 62.8 Å². The highest BCUT2D eigenvalue weighted by atomic mass is 35.5. The van der Waals surface area contributed by atoms with Crippen LogP contribution >= 0.6 is 11.6 Å². The lowest BCUT2D eigenvalue weighted by molar-refractivity contribution is -0.138. The van der Waals surface area contributed by atoms with Crippen molar-refractivity contribution < 1.29 is 18.0 Å². The van der Waals surface area contributed by atoms with Gasteiger partial charge in [-0.25, -0.2) is 0 Å². The second-order valence-electron chi connectivity index (χ2n) is 7.64. The summed E-state index contributed by atoms with van der Waals surface area (Å²) in [5, 5.41) is 4.92. The van der Waals surface area contributed by atoms with E-state index < -0.39 is 11.7 Å². The Hall–Kier alpha value is -2.02. The van der Waals surface area contributed by atoms with Crippen LogP contribution < -0.4 is 0 Å². The van der Waals surface area contributed by atoms with E-state index >= 15 is 0 Å². The molecular weight excluding hydrogens is 391 g/mol. The first-order valence-electron chi connectivity index (χ1n) is 9.48. The molecule has 2 bridgehead atoms. The zero-order chi connectivity index (χ0) is 19.9. The van der Waals surface area contributed by atoms with Gasteiger partial charge in [0, 0.05) is 24.7 Å². The summed E-state index contributed by atoms with van der Waals surface area (Å²) in [7, 11) is 0. The molecule has 2 unspecified atom stereocenters. The highest BCUT2D eigenvalue weighted by molar-refractivity contribution is 6.30.